The molecule has 142 valence electrons. The molecule has 2 rings (SSSR count). The van der Waals surface area contributed by atoms with Crippen LogP contribution in [0.4, 0.5) is 11.4 Å². The van der Waals surface area contributed by atoms with Gasteiger partial charge in [0, 0.05) is 17.8 Å². The van der Waals surface area contributed by atoms with Crippen LogP contribution in [0.25, 0.3) is 0 Å². The highest BCUT2D eigenvalue weighted by atomic mass is 16.6. The van der Waals surface area contributed by atoms with Crippen molar-refractivity contribution < 1.29 is 28.7 Å². The zero-order valence-electron chi connectivity index (χ0n) is 14.8. The Morgan fingerprint density at radius 3 is 2.44 bits per heavy atom. The third kappa shape index (κ3) is 5.43. The molecule has 0 atom stereocenters. The molecule has 2 aromatic rings. The SMILES string of the molecule is CCOC(=O)c1ccc(NC(=O)COc2ccc([N+](=O)[O-])c(OC)c2)cc1. The van der Waals surface area contributed by atoms with Crippen LogP contribution in [0.2, 0.25) is 0 Å². The van der Waals surface area contributed by atoms with Crippen molar-refractivity contribution in [1.82, 2.24) is 0 Å². The van der Waals surface area contributed by atoms with E-state index in [2.05, 4.69) is 5.32 Å². The minimum Gasteiger partial charge on any atom is -0.490 e. The minimum absolute atomic E-state index is 0.0347. The fourth-order valence-corrected chi connectivity index (χ4v) is 2.15. The number of amides is 1. The maximum atomic E-state index is 12.0. The first-order valence-corrected chi connectivity index (χ1v) is 7.97. The van der Waals surface area contributed by atoms with Gasteiger partial charge in [0.15, 0.2) is 6.61 Å². The number of anilines is 1. The van der Waals surface area contributed by atoms with Gasteiger partial charge in [-0.05, 0) is 37.3 Å². The molecule has 0 saturated heterocycles. The van der Waals surface area contributed by atoms with E-state index >= 15 is 0 Å². The van der Waals surface area contributed by atoms with Gasteiger partial charge in [-0.3, -0.25) is 14.9 Å². The van der Waals surface area contributed by atoms with Crippen LogP contribution in [0, 0.1) is 10.1 Å². The first kappa shape index (κ1) is 19.7. The van der Waals surface area contributed by atoms with E-state index < -0.39 is 16.8 Å². The van der Waals surface area contributed by atoms with Crippen molar-refractivity contribution in [2.75, 3.05) is 25.6 Å². The second-order valence-electron chi connectivity index (χ2n) is 5.23. The molecule has 0 saturated carbocycles. The van der Waals surface area contributed by atoms with Gasteiger partial charge in [0.2, 0.25) is 5.75 Å². The average Bonchev–Trinajstić information content (AvgIpc) is 2.66. The quantitative estimate of drug-likeness (QED) is 0.429. The van der Waals surface area contributed by atoms with Gasteiger partial charge in [0.05, 0.1) is 24.2 Å². The number of carbonyl (C=O) groups excluding carboxylic acids is 2. The van der Waals surface area contributed by atoms with E-state index in [-0.39, 0.29) is 30.4 Å². The molecule has 0 spiro atoms. The molecular formula is C18H18N2O7. The minimum atomic E-state index is -0.574. The standard InChI is InChI=1S/C18H18N2O7/c1-3-26-18(22)12-4-6-13(7-5-12)19-17(21)11-27-14-8-9-15(20(23)24)16(10-14)25-2/h4-10H,3,11H2,1-2H3,(H,19,21). The Hall–Kier alpha value is -3.62. The third-order valence-corrected chi connectivity index (χ3v) is 3.40. The fourth-order valence-electron chi connectivity index (χ4n) is 2.15. The molecule has 1 N–H and O–H groups in total. The highest BCUT2D eigenvalue weighted by molar-refractivity contribution is 5.93. The first-order chi connectivity index (χ1) is 12.9. The lowest BCUT2D eigenvalue weighted by atomic mass is 10.2. The average molecular weight is 374 g/mol. The number of rotatable bonds is 8. The van der Waals surface area contributed by atoms with Crippen LogP contribution >= 0.6 is 0 Å². The normalized spacial score (nSPS) is 10.0. The topological polar surface area (TPSA) is 117 Å². The fraction of sp³-hybridized carbons (Fsp3) is 0.222. The summed E-state index contributed by atoms with van der Waals surface area (Å²) in [5.41, 5.74) is 0.665. The van der Waals surface area contributed by atoms with Gasteiger partial charge >= 0.3 is 11.7 Å². The number of esters is 1. The Labute approximate surface area is 155 Å². The number of hydrogen-bond donors (Lipinski definition) is 1. The predicted molar refractivity (Wildman–Crippen MR) is 96.2 cm³/mol. The highest BCUT2D eigenvalue weighted by Gasteiger charge is 2.15. The summed E-state index contributed by atoms with van der Waals surface area (Å²) >= 11 is 0. The van der Waals surface area contributed by atoms with E-state index in [9.17, 15) is 19.7 Å². The van der Waals surface area contributed by atoms with Gasteiger partial charge in [0.25, 0.3) is 5.91 Å². The van der Waals surface area contributed by atoms with Crippen LogP contribution in [-0.4, -0.2) is 37.1 Å². The van der Waals surface area contributed by atoms with Crippen molar-refractivity contribution in [3.63, 3.8) is 0 Å². The third-order valence-electron chi connectivity index (χ3n) is 3.40. The largest absolute Gasteiger partial charge is 0.490 e. The molecule has 27 heavy (non-hydrogen) atoms. The van der Waals surface area contributed by atoms with E-state index in [1.807, 2.05) is 0 Å². The second kappa shape index (κ2) is 9.18. The van der Waals surface area contributed by atoms with Crippen LogP contribution in [0.5, 0.6) is 11.5 Å². The number of nitro benzene ring substituents is 1. The molecule has 0 unspecified atom stereocenters. The molecular weight excluding hydrogens is 356 g/mol. The summed E-state index contributed by atoms with van der Waals surface area (Å²) in [5, 5.41) is 13.5. The Morgan fingerprint density at radius 1 is 1.15 bits per heavy atom. The van der Waals surface area contributed by atoms with Crippen LogP contribution < -0.4 is 14.8 Å². The molecule has 0 heterocycles. The summed E-state index contributed by atoms with van der Waals surface area (Å²) in [5.74, 6) is -0.584. The van der Waals surface area contributed by atoms with Crippen LogP contribution in [-0.2, 0) is 9.53 Å². The molecule has 0 aliphatic rings. The molecule has 0 bridgehead atoms. The van der Waals surface area contributed by atoms with Crippen molar-refractivity contribution in [1.29, 1.82) is 0 Å². The van der Waals surface area contributed by atoms with Gasteiger partial charge in [-0.2, -0.15) is 0 Å². The molecule has 9 heteroatoms. The molecule has 0 fully saturated rings. The second-order valence-corrected chi connectivity index (χ2v) is 5.23. The van der Waals surface area contributed by atoms with Crippen molar-refractivity contribution in [2.24, 2.45) is 0 Å². The lowest BCUT2D eigenvalue weighted by Crippen LogP contribution is -2.20. The van der Waals surface area contributed by atoms with E-state index in [1.165, 1.54) is 37.4 Å². The maximum absolute atomic E-state index is 12.0. The van der Waals surface area contributed by atoms with Crippen molar-refractivity contribution >= 4 is 23.3 Å². The van der Waals surface area contributed by atoms with Gasteiger partial charge in [-0.15, -0.1) is 0 Å². The maximum Gasteiger partial charge on any atom is 0.338 e. The Balaban J connectivity index is 1.92. The zero-order chi connectivity index (χ0) is 19.8. The van der Waals surface area contributed by atoms with Gasteiger partial charge in [0.1, 0.15) is 5.75 Å². The molecule has 0 aliphatic carbocycles. The monoisotopic (exact) mass is 374 g/mol. The van der Waals surface area contributed by atoms with Crippen molar-refractivity contribution in [3.8, 4) is 11.5 Å². The van der Waals surface area contributed by atoms with Gasteiger partial charge < -0.3 is 19.5 Å². The van der Waals surface area contributed by atoms with E-state index in [0.717, 1.165) is 0 Å². The number of nitro groups is 1. The summed E-state index contributed by atoms with van der Waals surface area (Å²) in [7, 11) is 1.30. The number of nitrogens with zero attached hydrogens (tertiary/aromatic N) is 1. The van der Waals surface area contributed by atoms with E-state index in [1.54, 1.807) is 19.1 Å². The molecule has 1 amide bonds. The van der Waals surface area contributed by atoms with Crippen LogP contribution in [0.15, 0.2) is 42.5 Å². The number of methoxy groups -OCH3 is 1. The first-order valence-electron chi connectivity index (χ1n) is 7.97. The predicted octanol–water partition coefficient (Wildman–Crippen LogP) is 2.80. The Morgan fingerprint density at radius 2 is 1.85 bits per heavy atom. The van der Waals surface area contributed by atoms with Gasteiger partial charge in [-0.1, -0.05) is 0 Å². The lowest BCUT2D eigenvalue weighted by molar-refractivity contribution is -0.385. The molecule has 0 aromatic heterocycles. The van der Waals surface area contributed by atoms with Crippen molar-refractivity contribution in [3.05, 3.63) is 58.1 Å². The molecule has 2 aromatic carbocycles. The molecule has 0 aliphatic heterocycles. The zero-order valence-corrected chi connectivity index (χ0v) is 14.8. The van der Waals surface area contributed by atoms with E-state index in [4.69, 9.17) is 14.2 Å². The summed E-state index contributed by atoms with van der Waals surface area (Å²) in [6.07, 6.45) is 0. The van der Waals surface area contributed by atoms with Crippen LogP contribution in [0.1, 0.15) is 17.3 Å². The summed E-state index contributed by atoms with van der Waals surface area (Å²) in [6, 6.07) is 10.2. The Kier molecular flexibility index (Phi) is 6.70. The van der Waals surface area contributed by atoms with E-state index in [0.29, 0.717) is 11.3 Å². The summed E-state index contributed by atoms with van der Waals surface area (Å²) in [4.78, 5) is 33.8. The van der Waals surface area contributed by atoms with Crippen LogP contribution in [0.3, 0.4) is 0 Å². The number of carbonyl (C=O) groups is 2. The number of benzene rings is 2. The smallest absolute Gasteiger partial charge is 0.338 e. The summed E-state index contributed by atoms with van der Waals surface area (Å²) in [6.45, 7) is 1.69. The highest BCUT2D eigenvalue weighted by Crippen LogP contribution is 2.30. The lowest BCUT2D eigenvalue weighted by Gasteiger charge is -2.09. The van der Waals surface area contributed by atoms with Crippen molar-refractivity contribution in [2.45, 2.75) is 6.92 Å². The van der Waals surface area contributed by atoms with Gasteiger partial charge in [-0.25, -0.2) is 4.79 Å². The number of ether oxygens (including phenoxy) is 3. The summed E-state index contributed by atoms with van der Waals surface area (Å²) < 4.78 is 15.1. The number of nitrogens with one attached hydrogen (secondary N) is 1. The Bertz CT molecular complexity index is 834. The molecule has 0 radical (unpaired) electrons. The molecule has 9 nitrogen and oxygen atoms in total. The number of hydrogen-bond acceptors (Lipinski definition) is 7.